The Balaban J connectivity index is 0.000000362. The van der Waals surface area contributed by atoms with Crippen molar-refractivity contribution in [3.63, 3.8) is 0 Å². The molecule has 4 rings (SSSR count). The summed E-state index contributed by atoms with van der Waals surface area (Å²) in [5, 5.41) is 9.19. The Bertz CT molecular complexity index is 1150. The fourth-order valence-electron chi connectivity index (χ4n) is 4.80. The van der Waals surface area contributed by atoms with Crippen molar-refractivity contribution in [2.45, 2.75) is 79.1 Å². The number of carbonyl (C=O) groups excluding carboxylic acids is 1. The van der Waals surface area contributed by atoms with Crippen LogP contribution in [0.1, 0.15) is 87.5 Å². The van der Waals surface area contributed by atoms with Gasteiger partial charge in [0.25, 0.3) is 0 Å². The summed E-state index contributed by atoms with van der Waals surface area (Å²) in [4.78, 5) is 15.8. The van der Waals surface area contributed by atoms with Crippen LogP contribution < -0.4 is 0 Å². The molecule has 3 aromatic rings. The predicted molar refractivity (Wildman–Crippen MR) is 154 cm³/mol. The monoisotopic (exact) mass is 691 g/mol. The third-order valence-corrected chi connectivity index (χ3v) is 7.13. The first-order valence-electron chi connectivity index (χ1n) is 13.6. The topological polar surface area (TPSA) is 50.2 Å². The number of aliphatic hydroxyl groups is 1. The van der Waals surface area contributed by atoms with Gasteiger partial charge in [0.2, 0.25) is 0 Å². The summed E-state index contributed by atoms with van der Waals surface area (Å²) >= 11 is 0. The van der Waals surface area contributed by atoms with Gasteiger partial charge in [0.15, 0.2) is 5.78 Å². The van der Waals surface area contributed by atoms with Gasteiger partial charge in [0, 0.05) is 45.2 Å². The van der Waals surface area contributed by atoms with Crippen molar-refractivity contribution in [3.8, 4) is 11.3 Å². The van der Waals surface area contributed by atoms with Crippen LogP contribution in [-0.2, 0) is 25.9 Å². The molecule has 0 spiro atoms. The van der Waals surface area contributed by atoms with Gasteiger partial charge in [-0.2, -0.15) is 0 Å². The van der Waals surface area contributed by atoms with Gasteiger partial charge in [0.1, 0.15) is 0 Å². The summed E-state index contributed by atoms with van der Waals surface area (Å²) in [5.41, 5.74) is 7.46. The smallest absolute Gasteiger partial charge is 0.161 e. The van der Waals surface area contributed by atoms with Crippen molar-refractivity contribution >= 4 is 5.78 Å². The Hall–Kier alpha value is -2.51. The van der Waals surface area contributed by atoms with Crippen molar-refractivity contribution in [1.29, 1.82) is 0 Å². The number of hydrogen-bond acceptors (Lipinski definition) is 3. The third kappa shape index (κ3) is 9.35. The second-order valence-corrected chi connectivity index (χ2v) is 11.0. The molecule has 1 aliphatic rings. The molecule has 0 bridgehead atoms. The summed E-state index contributed by atoms with van der Waals surface area (Å²) in [6.07, 6.45) is 8.48. The van der Waals surface area contributed by atoms with Gasteiger partial charge in [-0.05, 0) is 54.3 Å². The molecule has 1 aliphatic carbocycles. The zero-order chi connectivity index (χ0) is 26.9. The van der Waals surface area contributed by atoms with Gasteiger partial charge < -0.3 is 10.1 Å². The quantitative estimate of drug-likeness (QED) is 0.160. The summed E-state index contributed by atoms with van der Waals surface area (Å²) in [5.74, 6) is 1.54. The zero-order valence-electron chi connectivity index (χ0n) is 23.6. The van der Waals surface area contributed by atoms with Crippen LogP contribution in [0.3, 0.4) is 0 Å². The second-order valence-electron chi connectivity index (χ2n) is 11.0. The van der Waals surface area contributed by atoms with Crippen molar-refractivity contribution in [1.82, 2.24) is 4.98 Å². The van der Waals surface area contributed by atoms with Gasteiger partial charge in [-0.25, -0.2) is 0 Å². The molecular weight excluding hydrogens is 649 g/mol. The summed E-state index contributed by atoms with van der Waals surface area (Å²) < 4.78 is 0. The minimum Gasteiger partial charge on any atom is -0.512 e. The zero-order valence-corrected chi connectivity index (χ0v) is 25.9. The van der Waals surface area contributed by atoms with Crippen molar-refractivity contribution < 1.29 is 31.0 Å². The van der Waals surface area contributed by atoms with E-state index in [1.807, 2.05) is 27.7 Å². The summed E-state index contributed by atoms with van der Waals surface area (Å²) in [6.45, 7) is 11.5. The average Bonchev–Trinajstić information content (AvgIpc) is 2.89. The molecule has 1 saturated carbocycles. The number of aliphatic hydroxyl groups excluding tert-OH is 1. The van der Waals surface area contributed by atoms with Crippen LogP contribution in [0.4, 0.5) is 0 Å². The van der Waals surface area contributed by atoms with Crippen LogP contribution >= 0.6 is 0 Å². The van der Waals surface area contributed by atoms with E-state index in [9.17, 15) is 9.90 Å². The summed E-state index contributed by atoms with van der Waals surface area (Å²) in [7, 11) is 0. The molecule has 0 radical (unpaired) electrons. The van der Waals surface area contributed by atoms with E-state index in [2.05, 4.69) is 80.7 Å². The molecule has 4 heteroatoms. The number of allylic oxidation sites excluding steroid dienone is 2. The number of ketones is 1. The normalized spacial score (nSPS) is 17.4. The Labute approximate surface area is 244 Å². The van der Waals surface area contributed by atoms with E-state index in [-0.39, 0.29) is 44.4 Å². The first-order valence-corrected chi connectivity index (χ1v) is 13.6. The predicted octanol–water partition coefficient (Wildman–Crippen LogP) is 8.91. The van der Waals surface area contributed by atoms with Gasteiger partial charge in [-0.1, -0.05) is 84.0 Å². The third-order valence-electron chi connectivity index (χ3n) is 7.13. The first kappa shape index (κ1) is 31.7. The van der Waals surface area contributed by atoms with Gasteiger partial charge >= 0.3 is 0 Å². The molecule has 0 atom stereocenters. The van der Waals surface area contributed by atoms with Gasteiger partial charge in [-0.15, -0.1) is 34.9 Å². The number of benzene rings is 2. The van der Waals surface area contributed by atoms with E-state index in [1.165, 1.54) is 54.0 Å². The number of nitrogens with zero attached hydrogens (tertiary/aromatic N) is 1. The number of pyridine rings is 1. The fraction of sp³-hybridized carbons (Fsp3) is 0.412. The van der Waals surface area contributed by atoms with E-state index in [1.54, 1.807) is 0 Å². The molecule has 206 valence electrons. The number of aromatic nitrogens is 1. The Morgan fingerprint density at radius 3 is 2.00 bits per heavy atom. The molecule has 0 unspecified atom stereocenters. The maximum absolute atomic E-state index is 11.0. The average molecular weight is 692 g/mol. The van der Waals surface area contributed by atoms with E-state index >= 15 is 0 Å². The molecule has 0 saturated heterocycles. The van der Waals surface area contributed by atoms with Crippen molar-refractivity contribution in [3.05, 3.63) is 101 Å². The van der Waals surface area contributed by atoms with Crippen LogP contribution in [0.2, 0.25) is 0 Å². The summed E-state index contributed by atoms with van der Waals surface area (Å²) in [6, 6.07) is 23.2. The molecule has 1 fully saturated rings. The van der Waals surface area contributed by atoms with Crippen LogP contribution in [0.25, 0.3) is 11.3 Å². The fourth-order valence-corrected chi connectivity index (χ4v) is 4.80. The minimum absolute atomic E-state index is 0. The van der Waals surface area contributed by atoms with Crippen molar-refractivity contribution in [2.24, 2.45) is 11.8 Å². The molecule has 1 aromatic heterocycles. The van der Waals surface area contributed by atoms with Crippen LogP contribution in [0.5, 0.6) is 0 Å². The molecular formula is C34H42NO2Pt-. The van der Waals surface area contributed by atoms with Crippen LogP contribution in [-0.4, -0.2) is 15.9 Å². The van der Waals surface area contributed by atoms with Crippen LogP contribution in [0, 0.1) is 31.7 Å². The SMILES string of the molecule is CC(C)C(=O)/C=C(\O)C(C)C.Cc1[c-]c(-c2ccc(C3CCC(c4ccccc4)CC3)cn2)cc(C)c1.[Pt]. The maximum atomic E-state index is 11.0. The molecule has 1 heterocycles. The van der Waals surface area contributed by atoms with E-state index in [4.69, 9.17) is 4.98 Å². The molecule has 2 aromatic carbocycles. The van der Waals surface area contributed by atoms with Crippen molar-refractivity contribution in [2.75, 3.05) is 0 Å². The molecule has 3 nitrogen and oxygen atoms in total. The molecule has 1 N–H and O–H groups in total. The van der Waals surface area contributed by atoms with Crippen LogP contribution in [0.15, 0.2) is 72.6 Å². The Kier molecular flexibility index (Phi) is 12.7. The second kappa shape index (κ2) is 15.2. The molecule has 0 amide bonds. The maximum Gasteiger partial charge on any atom is 0.161 e. The number of hydrogen-bond donors (Lipinski definition) is 1. The van der Waals surface area contributed by atoms with E-state index in [0.29, 0.717) is 5.92 Å². The standard InChI is InChI=1S/C25H26N.C9H16O2.Pt/c1-18-14-19(2)16-24(15-18)25-13-12-23(17-26-25)22-10-8-21(9-11-22)20-6-4-3-5-7-20;1-6(2)8(10)5-9(11)7(3)4;/h3-7,12-15,17,21-22H,8-11H2,1-2H3;5-7,10H,1-4H3;/q-1;;/b;8-5-;. The largest absolute Gasteiger partial charge is 0.512 e. The van der Waals surface area contributed by atoms with E-state index < -0.39 is 0 Å². The molecule has 38 heavy (non-hydrogen) atoms. The number of rotatable bonds is 6. The van der Waals surface area contributed by atoms with Gasteiger partial charge in [-0.3, -0.25) is 4.79 Å². The number of aryl methyl sites for hydroxylation is 2. The minimum atomic E-state index is -0.0316. The first-order chi connectivity index (χ1) is 17.6. The Morgan fingerprint density at radius 2 is 1.50 bits per heavy atom. The van der Waals surface area contributed by atoms with Gasteiger partial charge in [0.05, 0.1) is 5.76 Å². The molecule has 0 aliphatic heterocycles. The van der Waals surface area contributed by atoms with E-state index in [0.717, 1.165) is 17.2 Å². The number of carbonyl (C=O) groups is 1. The Morgan fingerprint density at radius 1 is 0.895 bits per heavy atom.